The number of aromatic amines is 1. The molecule has 0 fully saturated rings. The molecule has 1 aromatic heterocycles. The molecule has 0 bridgehead atoms. The van der Waals surface area contributed by atoms with Crippen molar-refractivity contribution in [1.82, 2.24) is 14.9 Å². The van der Waals surface area contributed by atoms with Crippen LogP contribution in [0.5, 0.6) is 0 Å². The Hall–Kier alpha value is -2.97. The van der Waals surface area contributed by atoms with Gasteiger partial charge in [0.2, 0.25) is 15.9 Å². The van der Waals surface area contributed by atoms with Crippen LogP contribution < -0.4 is 10.0 Å². The normalized spacial score (nSPS) is 12.7. The lowest BCUT2D eigenvalue weighted by Gasteiger charge is -2.20. The first kappa shape index (κ1) is 21.7. The van der Waals surface area contributed by atoms with E-state index in [1.54, 1.807) is 24.4 Å². The first-order chi connectivity index (χ1) is 14.2. The Kier molecular flexibility index (Phi) is 6.69. The number of amides is 1. The van der Waals surface area contributed by atoms with Gasteiger partial charge in [-0.3, -0.25) is 9.89 Å². The first-order valence-electron chi connectivity index (χ1n) is 9.74. The number of carbonyl (C=O) groups is 1. The number of nitrogens with zero attached hydrogens (tertiary/aromatic N) is 1. The van der Waals surface area contributed by atoms with E-state index in [0.29, 0.717) is 12.1 Å². The Labute approximate surface area is 177 Å². The van der Waals surface area contributed by atoms with Crippen LogP contribution in [0.25, 0.3) is 11.3 Å². The summed E-state index contributed by atoms with van der Waals surface area (Å²) < 4.78 is 28.2. The van der Waals surface area contributed by atoms with Crippen LogP contribution in [0.4, 0.5) is 5.69 Å². The van der Waals surface area contributed by atoms with Crippen LogP contribution in [-0.2, 0) is 14.8 Å². The Bertz CT molecular complexity index is 1090. The molecule has 1 amide bonds. The van der Waals surface area contributed by atoms with Crippen molar-refractivity contribution in [3.63, 3.8) is 0 Å². The molecule has 7 nitrogen and oxygen atoms in total. The number of benzene rings is 2. The number of hydrogen-bond acceptors (Lipinski definition) is 4. The second kappa shape index (κ2) is 9.23. The molecule has 158 valence electrons. The lowest BCUT2D eigenvalue weighted by atomic mass is 10.0. The third kappa shape index (κ3) is 5.55. The molecule has 1 atom stereocenters. The summed E-state index contributed by atoms with van der Waals surface area (Å²) >= 11 is 0. The SMILES string of the molecule is Cc1ccc(S(=O)(=O)NC(CC(C)C)C(=O)Nc2cccc(-c3ccn[nH]3)c2)cc1. The molecule has 3 aromatic rings. The topological polar surface area (TPSA) is 104 Å². The van der Waals surface area contributed by atoms with Gasteiger partial charge in [0.25, 0.3) is 0 Å². The average Bonchev–Trinajstić information content (AvgIpc) is 3.22. The molecule has 2 aromatic carbocycles. The molecule has 30 heavy (non-hydrogen) atoms. The van der Waals surface area contributed by atoms with Crippen molar-refractivity contribution < 1.29 is 13.2 Å². The quantitative estimate of drug-likeness (QED) is 0.511. The van der Waals surface area contributed by atoms with E-state index >= 15 is 0 Å². The highest BCUT2D eigenvalue weighted by molar-refractivity contribution is 7.89. The summed E-state index contributed by atoms with van der Waals surface area (Å²) in [4.78, 5) is 13.1. The third-order valence-electron chi connectivity index (χ3n) is 4.59. The van der Waals surface area contributed by atoms with Crippen LogP contribution in [0.1, 0.15) is 25.8 Å². The minimum Gasteiger partial charge on any atom is -0.325 e. The Morgan fingerprint density at radius 3 is 2.47 bits per heavy atom. The Morgan fingerprint density at radius 1 is 1.10 bits per heavy atom. The minimum atomic E-state index is -3.83. The number of aromatic nitrogens is 2. The fraction of sp³-hybridized carbons (Fsp3) is 0.273. The number of sulfonamides is 1. The van der Waals surface area contributed by atoms with Crippen LogP contribution >= 0.6 is 0 Å². The molecule has 0 saturated heterocycles. The highest BCUT2D eigenvalue weighted by Crippen LogP contribution is 2.21. The molecule has 0 aliphatic carbocycles. The summed E-state index contributed by atoms with van der Waals surface area (Å²) in [5.41, 5.74) is 3.23. The Morgan fingerprint density at radius 2 is 1.83 bits per heavy atom. The highest BCUT2D eigenvalue weighted by Gasteiger charge is 2.26. The predicted molar refractivity (Wildman–Crippen MR) is 117 cm³/mol. The second-order valence-electron chi connectivity index (χ2n) is 7.66. The number of carbonyl (C=O) groups excluding carboxylic acids is 1. The molecular formula is C22H26N4O3S. The van der Waals surface area contributed by atoms with E-state index in [1.807, 2.05) is 45.0 Å². The number of rotatable bonds is 8. The van der Waals surface area contributed by atoms with Gasteiger partial charge in [0.05, 0.1) is 10.6 Å². The predicted octanol–water partition coefficient (Wildman–Crippen LogP) is 3.72. The van der Waals surface area contributed by atoms with Crippen molar-refractivity contribution in [3.05, 3.63) is 66.4 Å². The van der Waals surface area contributed by atoms with E-state index in [2.05, 4.69) is 20.2 Å². The summed E-state index contributed by atoms with van der Waals surface area (Å²) in [6.45, 7) is 5.77. The fourth-order valence-electron chi connectivity index (χ4n) is 3.06. The van der Waals surface area contributed by atoms with Gasteiger partial charge in [-0.15, -0.1) is 0 Å². The molecule has 1 heterocycles. The van der Waals surface area contributed by atoms with Gasteiger partial charge >= 0.3 is 0 Å². The van der Waals surface area contributed by atoms with Crippen LogP contribution in [0, 0.1) is 12.8 Å². The fourth-order valence-corrected chi connectivity index (χ4v) is 4.27. The van der Waals surface area contributed by atoms with E-state index in [0.717, 1.165) is 16.8 Å². The van der Waals surface area contributed by atoms with E-state index in [-0.39, 0.29) is 10.8 Å². The van der Waals surface area contributed by atoms with Crippen molar-refractivity contribution in [1.29, 1.82) is 0 Å². The monoisotopic (exact) mass is 426 g/mol. The number of anilines is 1. The average molecular weight is 427 g/mol. The molecular weight excluding hydrogens is 400 g/mol. The van der Waals surface area contributed by atoms with E-state index < -0.39 is 22.0 Å². The zero-order chi connectivity index (χ0) is 21.7. The third-order valence-corrected chi connectivity index (χ3v) is 6.08. The van der Waals surface area contributed by atoms with E-state index in [1.165, 1.54) is 12.1 Å². The molecule has 0 aliphatic heterocycles. The van der Waals surface area contributed by atoms with Crippen molar-refractivity contribution >= 4 is 21.6 Å². The van der Waals surface area contributed by atoms with Gasteiger partial charge < -0.3 is 5.32 Å². The standard InChI is InChI=1S/C22H26N4O3S/c1-15(2)13-21(26-30(28,29)19-9-7-16(3)8-10-19)22(27)24-18-6-4-5-17(14-18)20-11-12-23-25-20/h4-12,14-15,21,26H,13H2,1-3H3,(H,23,25)(H,24,27). The summed E-state index contributed by atoms with van der Waals surface area (Å²) in [6.07, 6.45) is 2.02. The maximum absolute atomic E-state index is 13.0. The summed E-state index contributed by atoms with van der Waals surface area (Å²) in [5, 5.41) is 9.65. The largest absolute Gasteiger partial charge is 0.325 e. The molecule has 0 radical (unpaired) electrons. The van der Waals surface area contributed by atoms with Gasteiger partial charge in [-0.2, -0.15) is 9.82 Å². The zero-order valence-corrected chi connectivity index (χ0v) is 18.0. The van der Waals surface area contributed by atoms with Crippen molar-refractivity contribution in [2.75, 3.05) is 5.32 Å². The number of H-pyrrole nitrogens is 1. The van der Waals surface area contributed by atoms with E-state index in [4.69, 9.17) is 0 Å². The molecule has 8 heteroatoms. The molecule has 3 N–H and O–H groups in total. The van der Waals surface area contributed by atoms with Crippen LogP contribution in [0.15, 0.2) is 65.7 Å². The molecule has 0 saturated carbocycles. The first-order valence-corrected chi connectivity index (χ1v) is 11.2. The maximum Gasteiger partial charge on any atom is 0.242 e. The van der Waals surface area contributed by atoms with Gasteiger partial charge in [-0.05, 0) is 49.6 Å². The van der Waals surface area contributed by atoms with Crippen molar-refractivity contribution in [3.8, 4) is 11.3 Å². The van der Waals surface area contributed by atoms with Crippen LogP contribution in [0.3, 0.4) is 0 Å². The van der Waals surface area contributed by atoms with Crippen molar-refractivity contribution in [2.24, 2.45) is 5.92 Å². The smallest absolute Gasteiger partial charge is 0.242 e. The highest BCUT2D eigenvalue weighted by atomic mass is 32.2. The second-order valence-corrected chi connectivity index (χ2v) is 9.37. The number of hydrogen-bond donors (Lipinski definition) is 3. The molecule has 0 aliphatic rings. The van der Waals surface area contributed by atoms with Gasteiger partial charge in [0.15, 0.2) is 0 Å². The number of aryl methyl sites for hydroxylation is 1. The summed E-state index contributed by atoms with van der Waals surface area (Å²) in [5.74, 6) is -0.279. The zero-order valence-electron chi connectivity index (χ0n) is 17.2. The van der Waals surface area contributed by atoms with Crippen molar-refractivity contribution in [2.45, 2.75) is 38.1 Å². The van der Waals surface area contributed by atoms with Gasteiger partial charge in [-0.25, -0.2) is 8.42 Å². The summed E-state index contributed by atoms with van der Waals surface area (Å²) in [7, 11) is -3.83. The van der Waals surface area contributed by atoms with Crippen LogP contribution in [-0.4, -0.2) is 30.6 Å². The van der Waals surface area contributed by atoms with Crippen LogP contribution in [0.2, 0.25) is 0 Å². The summed E-state index contributed by atoms with van der Waals surface area (Å²) in [6, 6.07) is 14.8. The Balaban J connectivity index is 1.79. The van der Waals surface area contributed by atoms with Gasteiger partial charge in [0, 0.05) is 17.4 Å². The molecule has 3 rings (SSSR count). The van der Waals surface area contributed by atoms with Gasteiger partial charge in [-0.1, -0.05) is 43.7 Å². The van der Waals surface area contributed by atoms with E-state index in [9.17, 15) is 13.2 Å². The maximum atomic E-state index is 13.0. The number of nitrogens with one attached hydrogen (secondary N) is 3. The lowest BCUT2D eigenvalue weighted by Crippen LogP contribution is -2.44. The molecule has 1 unspecified atom stereocenters. The minimum absolute atomic E-state index is 0.123. The van der Waals surface area contributed by atoms with Gasteiger partial charge in [0.1, 0.15) is 6.04 Å². The molecule has 0 spiro atoms. The lowest BCUT2D eigenvalue weighted by molar-refractivity contribution is -0.118.